The van der Waals surface area contributed by atoms with Gasteiger partial charge in [-0.1, -0.05) is 93.5 Å². The first-order valence-electron chi connectivity index (χ1n) is 12.5. The van der Waals surface area contributed by atoms with Gasteiger partial charge in [-0.3, -0.25) is 14.3 Å². The third-order valence-electron chi connectivity index (χ3n) is 6.99. The first kappa shape index (κ1) is 26.6. The number of aromatic nitrogens is 2. The molecule has 0 unspecified atom stereocenters. The van der Waals surface area contributed by atoms with Crippen LogP contribution in [0, 0.1) is 0 Å². The molecule has 4 rings (SSSR count). The SMILES string of the molecule is CCc1cc(=O)[nH]c(=O)n1[C@@H]1C[C@H](N=[N+]=[N-])[C@@H](CO[Si](c2ccccc2)(c2ccccc2)C(C)(C)C)O1. The van der Waals surface area contributed by atoms with Crippen LogP contribution in [0.15, 0.2) is 81.4 Å². The van der Waals surface area contributed by atoms with Gasteiger partial charge in [-0.15, -0.1) is 0 Å². The topological polar surface area (TPSA) is 122 Å². The lowest BCUT2D eigenvalue weighted by Gasteiger charge is -2.43. The van der Waals surface area contributed by atoms with Gasteiger partial charge in [0.15, 0.2) is 0 Å². The molecule has 10 heteroatoms. The average molecular weight is 520 g/mol. The van der Waals surface area contributed by atoms with E-state index in [0.717, 1.165) is 10.4 Å². The quantitative estimate of drug-likeness (QED) is 0.211. The second kappa shape index (κ2) is 10.9. The van der Waals surface area contributed by atoms with Gasteiger partial charge in [0, 0.05) is 23.1 Å². The number of rotatable bonds is 8. The lowest BCUT2D eigenvalue weighted by Crippen LogP contribution is -2.67. The van der Waals surface area contributed by atoms with E-state index in [4.69, 9.17) is 9.16 Å². The molecule has 3 aromatic rings. The van der Waals surface area contributed by atoms with E-state index in [2.05, 4.69) is 60.0 Å². The molecule has 0 amide bonds. The van der Waals surface area contributed by atoms with Gasteiger partial charge < -0.3 is 9.16 Å². The van der Waals surface area contributed by atoms with Crippen molar-refractivity contribution >= 4 is 18.7 Å². The summed E-state index contributed by atoms with van der Waals surface area (Å²) in [5.41, 5.74) is 8.83. The van der Waals surface area contributed by atoms with E-state index in [0.29, 0.717) is 18.5 Å². The van der Waals surface area contributed by atoms with Crippen LogP contribution in [0.3, 0.4) is 0 Å². The van der Waals surface area contributed by atoms with Crippen LogP contribution in [-0.2, 0) is 15.6 Å². The highest BCUT2D eigenvalue weighted by atomic mass is 28.4. The van der Waals surface area contributed by atoms with E-state index < -0.39 is 37.9 Å². The normalized spacial score (nSPS) is 19.9. The predicted molar refractivity (Wildman–Crippen MR) is 146 cm³/mol. The molecule has 2 heterocycles. The minimum atomic E-state index is -2.84. The molecule has 1 N–H and O–H groups in total. The van der Waals surface area contributed by atoms with E-state index in [1.54, 1.807) is 0 Å². The van der Waals surface area contributed by atoms with Crippen LogP contribution in [0.4, 0.5) is 0 Å². The second-order valence-corrected chi connectivity index (χ2v) is 14.6. The number of aryl methyl sites for hydroxylation is 1. The Morgan fingerprint density at radius 2 is 1.70 bits per heavy atom. The summed E-state index contributed by atoms with van der Waals surface area (Å²) in [6, 6.07) is 21.4. The van der Waals surface area contributed by atoms with Crippen LogP contribution in [0.1, 0.15) is 46.0 Å². The number of nitrogens with one attached hydrogen (secondary N) is 1. The number of ether oxygens (including phenoxy) is 1. The Labute approximate surface area is 216 Å². The lowest BCUT2D eigenvalue weighted by atomic mass is 10.1. The zero-order chi connectivity index (χ0) is 26.6. The zero-order valence-electron chi connectivity index (χ0n) is 21.6. The Balaban J connectivity index is 1.72. The highest BCUT2D eigenvalue weighted by Gasteiger charge is 2.51. The van der Waals surface area contributed by atoms with E-state index in [-0.39, 0.29) is 11.6 Å². The standard InChI is InChI=1S/C27H33N5O4Si/c1-5-19-16-24(33)29-26(34)32(19)25-17-22(30-31-28)23(36-25)18-35-37(27(2,3)4,20-12-8-6-9-13-20)21-14-10-7-11-15-21/h6-16,22-23,25H,5,17-18H2,1-4H3,(H,29,33,34)/t22-,23+,25-/m0/s1. The van der Waals surface area contributed by atoms with Gasteiger partial charge in [0.25, 0.3) is 13.9 Å². The largest absolute Gasteiger partial charge is 0.405 e. The molecule has 1 aromatic heterocycles. The molecule has 194 valence electrons. The summed E-state index contributed by atoms with van der Waals surface area (Å²) in [5, 5.41) is 6.03. The Morgan fingerprint density at radius 3 is 2.22 bits per heavy atom. The molecule has 1 saturated heterocycles. The zero-order valence-corrected chi connectivity index (χ0v) is 22.6. The van der Waals surface area contributed by atoms with Crippen molar-refractivity contribution in [2.45, 2.75) is 63.9 Å². The molecule has 1 aliphatic rings. The molecular weight excluding hydrogens is 486 g/mol. The van der Waals surface area contributed by atoms with Gasteiger partial charge in [-0.2, -0.15) is 0 Å². The number of aromatic amines is 1. The van der Waals surface area contributed by atoms with Crippen molar-refractivity contribution in [1.82, 2.24) is 9.55 Å². The van der Waals surface area contributed by atoms with Gasteiger partial charge in [0.1, 0.15) is 6.23 Å². The maximum absolute atomic E-state index is 12.7. The van der Waals surface area contributed by atoms with E-state index in [1.807, 2.05) is 43.3 Å². The third-order valence-corrected chi connectivity index (χ3v) is 12.0. The second-order valence-electron chi connectivity index (χ2n) is 10.3. The molecule has 1 fully saturated rings. The fourth-order valence-electron chi connectivity index (χ4n) is 5.32. The van der Waals surface area contributed by atoms with Crippen LogP contribution < -0.4 is 21.6 Å². The lowest BCUT2D eigenvalue weighted by molar-refractivity contribution is -0.0251. The van der Waals surface area contributed by atoms with Gasteiger partial charge >= 0.3 is 5.69 Å². The van der Waals surface area contributed by atoms with Crippen LogP contribution in [0.25, 0.3) is 10.4 Å². The molecule has 9 nitrogen and oxygen atoms in total. The van der Waals surface area contributed by atoms with Gasteiger partial charge in [0.2, 0.25) is 0 Å². The van der Waals surface area contributed by atoms with Crippen LogP contribution in [-0.4, -0.2) is 36.6 Å². The maximum atomic E-state index is 12.7. The van der Waals surface area contributed by atoms with E-state index >= 15 is 0 Å². The third kappa shape index (κ3) is 5.19. The van der Waals surface area contributed by atoms with Crippen molar-refractivity contribution in [2.24, 2.45) is 5.11 Å². The summed E-state index contributed by atoms with van der Waals surface area (Å²) in [4.78, 5) is 29.9. The summed E-state index contributed by atoms with van der Waals surface area (Å²) in [6.07, 6.45) is -0.458. The van der Waals surface area contributed by atoms with Crippen LogP contribution >= 0.6 is 0 Å². The number of hydrogen-bond donors (Lipinski definition) is 1. The number of azide groups is 1. The summed E-state index contributed by atoms with van der Waals surface area (Å²) in [6.45, 7) is 8.63. The highest BCUT2D eigenvalue weighted by molar-refractivity contribution is 6.99. The molecule has 0 radical (unpaired) electrons. The number of H-pyrrole nitrogens is 1. The molecule has 0 bridgehead atoms. The molecule has 0 saturated carbocycles. The molecule has 37 heavy (non-hydrogen) atoms. The Hall–Kier alpha value is -3.43. The summed E-state index contributed by atoms with van der Waals surface area (Å²) in [5.74, 6) is 0. The van der Waals surface area contributed by atoms with Crippen molar-refractivity contribution in [2.75, 3.05) is 6.61 Å². The molecule has 0 spiro atoms. The Morgan fingerprint density at radius 1 is 1.11 bits per heavy atom. The first-order chi connectivity index (χ1) is 17.7. The molecule has 2 aromatic carbocycles. The minimum absolute atomic E-state index is 0.188. The molecule has 3 atom stereocenters. The van der Waals surface area contributed by atoms with E-state index in [9.17, 15) is 15.1 Å². The maximum Gasteiger partial charge on any atom is 0.330 e. The van der Waals surface area contributed by atoms with Crippen LogP contribution in [0.2, 0.25) is 5.04 Å². The fourth-order valence-corrected chi connectivity index (χ4v) is 9.89. The van der Waals surface area contributed by atoms with Crippen LogP contribution in [0.5, 0.6) is 0 Å². The summed E-state index contributed by atoms with van der Waals surface area (Å²) >= 11 is 0. The molecular formula is C27H33N5O4Si. The van der Waals surface area contributed by atoms with Crippen molar-refractivity contribution in [3.63, 3.8) is 0 Å². The predicted octanol–water partition coefficient (Wildman–Crippen LogP) is 3.64. The smallest absolute Gasteiger partial charge is 0.330 e. The molecule has 1 aliphatic heterocycles. The van der Waals surface area contributed by atoms with Crippen molar-refractivity contribution < 1.29 is 9.16 Å². The monoisotopic (exact) mass is 519 g/mol. The fraction of sp³-hybridized carbons (Fsp3) is 0.407. The minimum Gasteiger partial charge on any atom is -0.405 e. The van der Waals surface area contributed by atoms with Crippen molar-refractivity contribution in [3.05, 3.63) is 104 Å². The van der Waals surface area contributed by atoms with E-state index in [1.165, 1.54) is 10.6 Å². The average Bonchev–Trinajstić information content (AvgIpc) is 3.26. The molecule has 0 aliphatic carbocycles. The number of hydrogen-bond acceptors (Lipinski definition) is 5. The van der Waals surface area contributed by atoms with Gasteiger partial charge in [-0.25, -0.2) is 4.79 Å². The Bertz CT molecular complexity index is 1340. The van der Waals surface area contributed by atoms with Gasteiger partial charge in [-0.05, 0) is 27.4 Å². The summed E-state index contributed by atoms with van der Waals surface area (Å²) < 4.78 is 14.8. The number of benzene rings is 2. The number of nitrogens with zero attached hydrogens (tertiary/aromatic N) is 4. The van der Waals surface area contributed by atoms with Gasteiger partial charge in [0.05, 0.1) is 18.8 Å². The first-order valence-corrected chi connectivity index (χ1v) is 14.4. The summed E-state index contributed by atoms with van der Waals surface area (Å²) in [7, 11) is -2.84. The highest BCUT2D eigenvalue weighted by Crippen LogP contribution is 2.38. The Kier molecular flexibility index (Phi) is 7.84. The van der Waals surface area contributed by atoms with Crippen molar-refractivity contribution in [1.29, 1.82) is 0 Å². The van der Waals surface area contributed by atoms with Crippen molar-refractivity contribution in [3.8, 4) is 0 Å².